The second-order valence-electron chi connectivity index (χ2n) is 8.25. The molecular formula is C24H27N7O2. The zero-order valence-corrected chi connectivity index (χ0v) is 18.5. The molecule has 4 aromatic rings. The summed E-state index contributed by atoms with van der Waals surface area (Å²) in [6.07, 6.45) is 4.38. The van der Waals surface area contributed by atoms with Gasteiger partial charge in [-0.2, -0.15) is 19.6 Å². The number of aryl methyl sites for hydroxylation is 1. The summed E-state index contributed by atoms with van der Waals surface area (Å²) in [5.41, 5.74) is 4.84. The summed E-state index contributed by atoms with van der Waals surface area (Å²) in [6.45, 7) is 2.95. The number of anilines is 2. The summed E-state index contributed by atoms with van der Waals surface area (Å²) in [6, 6.07) is 13.9. The number of hydrogen-bond acceptors (Lipinski definition) is 8. The van der Waals surface area contributed by atoms with Crippen LogP contribution in [0.2, 0.25) is 0 Å². The van der Waals surface area contributed by atoms with E-state index in [1.807, 2.05) is 29.3 Å². The molecule has 1 fully saturated rings. The third-order valence-electron chi connectivity index (χ3n) is 6.04. The first kappa shape index (κ1) is 21.3. The Balaban J connectivity index is 1.42. The van der Waals surface area contributed by atoms with E-state index in [1.165, 1.54) is 0 Å². The number of β-amino-alcohol motifs (C(OH)–C–C–N with tert-alkyl or cyclic N) is 1. The second-order valence-corrected chi connectivity index (χ2v) is 8.25. The first-order chi connectivity index (χ1) is 16.2. The fourth-order valence-corrected chi connectivity index (χ4v) is 4.22. The third kappa shape index (κ3) is 4.24. The summed E-state index contributed by atoms with van der Waals surface area (Å²) in [7, 11) is 0. The molecule has 170 valence electrons. The minimum absolute atomic E-state index is 0.0587. The molecule has 2 unspecified atom stereocenters. The van der Waals surface area contributed by atoms with Crippen molar-refractivity contribution in [3.63, 3.8) is 0 Å². The normalized spacial score (nSPS) is 18.2. The quantitative estimate of drug-likeness (QED) is 0.397. The number of aliphatic hydroxyl groups excluding tert-OH is 2. The number of nitrogens with one attached hydrogen (secondary N) is 1. The maximum Gasteiger partial charge on any atom is 0.231 e. The maximum absolute atomic E-state index is 10.1. The van der Waals surface area contributed by atoms with Crippen molar-refractivity contribution in [2.24, 2.45) is 0 Å². The van der Waals surface area contributed by atoms with Crippen LogP contribution in [0.1, 0.15) is 24.5 Å². The second kappa shape index (κ2) is 9.13. The molecule has 1 aliphatic heterocycles. The average molecular weight is 446 g/mol. The van der Waals surface area contributed by atoms with Gasteiger partial charge in [0.05, 0.1) is 30.6 Å². The molecule has 0 saturated carbocycles. The Bertz CT molecular complexity index is 1230. The lowest BCUT2D eigenvalue weighted by molar-refractivity contribution is 0.184. The Morgan fingerprint density at radius 3 is 2.70 bits per heavy atom. The van der Waals surface area contributed by atoms with Crippen LogP contribution in [0.5, 0.6) is 0 Å². The van der Waals surface area contributed by atoms with Gasteiger partial charge in [0.1, 0.15) is 0 Å². The molecule has 9 nitrogen and oxygen atoms in total. The van der Waals surface area contributed by atoms with Crippen LogP contribution in [0.3, 0.4) is 0 Å². The van der Waals surface area contributed by atoms with Gasteiger partial charge in [-0.05, 0) is 30.5 Å². The highest BCUT2D eigenvalue weighted by molar-refractivity contribution is 5.59. The van der Waals surface area contributed by atoms with E-state index in [0.29, 0.717) is 31.4 Å². The Morgan fingerprint density at radius 1 is 1.12 bits per heavy atom. The van der Waals surface area contributed by atoms with Crippen LogP contribution in [0.4, 0.5) is 11.9 Å². The van der Waals surface area contributed by atoms with E-state index in [1.54, 1.807) is 10.7 Å². The van der Waals surface area contributed by atoms with Gasteiger partial charge in [-0.3, -0.25) is 4.98 Å². The van der Waals surface area contributed by atoms with E-state index in [2.05, 4.69) is 46.6 Å². The molecule has 4 heterocycles. The van der Waals surface area contributed by atoms with E-state index >= 15 is 0 Å². The minimum atomic E-state index is -0.508. The molecule has 0 bridgehead atoms. The van der Waals surface area contributed by atoms with Crippen LogP contribution >= 0.6 is 0 Å². The van der Waals surface area contributed by atoms with Crippen molar-refractivity contribution in [2.75, 3.05) is 23.4 Å². The predicted molar refractivity (Wildman–Crippen MR) is 126 cm³/mol. The van der Waals surface area contributed by atoms with Crippen molar-refractivity contribution in [2.45, 2.75) is 38.5 Å². The molecule has 9 heteroatoms. The van der Waals surface area contributed by atoms with Crippen molar-refractivity contribution < 1.29 is 10.2 Å². The van der Waals surface area contributed by atoms with Gasteiger partial charge in [0.15, 0.2) is 5.65 Å². The summed E-state index contributed by atoms with van der Waals surface area (Å²) in [5.74, 6) is 1.06. The van der Waals surface area contributed by atoms with Crippen molar-refractivity contribution in [1.82, 2.24) is 24.6 Å². The number of fused-ring (bicyclic) bond motifs is 1. The predicted octanol–water partition coefficient (Wildman–Crippen LogP) is 2.29. The van der Waals surface area contributed by atoms with Gasteiger partial charge in [-0.15, -0.1) is 0 Å². The molecule has 0 spiro atoms. The van der Waals surface area contributed by atoms with E-state index in [4.69, 9.17) is 9.97 Å². The molecule has 0 aliphatic carbocycles. The SMILES string of the molecule is CCc1cnn2c(NCc3ccc(-c4ccccn4)cc3)nc(N3CC(O)CC3CO)nc12. The standard InChI is InChI=1S/C24H27N7O2/c1-2-17-13-27-31-22(17)28-24(30-14-20(33)11-19(30)15-32)29-23(31)26-12-16-6-8-18(9-7-16)21-5-3-4-10-25-21/h3-10,13,19-20,32-33H,2,11-12,14-15H2,1H3,(H,26,28,29). The van der Waals surface area contributed by atoms with Crippen molar-refractivity contribution in [3.8, 4) is 11.3 Å². The van der Waals surface area contributed by atoms with Gasteiger partial charge in [0, 0.05) is 30.4 Å². The first-order valence-electron chi connectivity index (χ1n) is 11.2. The molecule has 1 aliphatic rings. The first-order valence-corrected chi connectivity index (χ1v) is 11.2. The van der Waals surface area contributed by atoms with Crippen LogP contribution in [0, 0.1) is 0 Å². The molecule has 0 amide bonds. The van der Waals surface area contributed by atoms with Gasteiger partial charge in [-0.25, -0.2) is 0 Å². The Kier molecular flexibility index (Phi) is 5.89. The van der Waals surface area contributed by atoms with Crippen LogP contribution < -0.4 is 10.2 Å². The maximum atomic E-state index is 10.1. The summed E-state index contributed by atoms with van der Waals surface area (Å²) < 4.78 is 1.71. The number of aliphatic hydroxyl groups is 2. The molecule has 1 aromatic carbocycles. The van der Waals surface area contributed by atoms with Crippen molar-refractivity contribution in [3.05, 3.63) is 66.0 Å². The Hall–Kier alpha value is -3.56. The van der Waals surface area contributed by atoms with E-state index in [0.717, 1.165) is 34.5 Å². The molecule has 5 rings (SSSR count). The highest BCUT2D eigenvalue weighted by atomic mass is 16.3. The van der Waals surface area contributed by atoms with Gasteiger partial charge in [0.2, 0.25) is 11.9 Å². The van der Waals surface area contributed by atoms with Crippen LogP contribution in [0.25, 0.3) is 16.9 Å². The average Bonchev–Trinajstić information content (AvgIpc) is 3.46. The van der Waals surface area contributed by atoms with E-state index in [9.17, 15) is 10.2 Å². The van der Waals surface area contributed by atoms with Gasteiger partial charge < -0.3 is 20.4 Å². The van der Waals surface area contributed by atoms with Crippen LogP contribution in [-0.2, 0) is 13.0 Å². The summed E-state index contributed by atoms with van der Waals surface area (Å²) in [4.78, 5) is 15.7. The topological polar surface area (TPSA) is 112 Å². The lowest BCUT2D eigenvalue weighted by Crippen LogP contribution is -2.34. The van der Waals surface area contributed by atoms with E-state index in [-0.39, 0.29) is 12.6 Å². The molecule has 3 aromatic heterocycles. The lowest BCUT2D eigenvalue weighted by atomic mass is 10.1. The van der Waals surface area contributed by atoms with E-state index < -0.39 is 6.10 Å². The molecule has 1 saturated heterocycles. The molecule has 0 radical (unpaired) electrons. The molecular weight excluding hydrogens is 418 g/mol. The molecule has 2 atom stereocenters. The smallest absolute Gasteiger partial charge is 0.231 e. The summed E-state index contributed by atoms with van der Waals surface area (Å²) >= 11 is 0. The fourth-order valence-electron chi connectivity index (χ4n) is 4.22. The van der Waals surface area contributed by atoms with Gasteiger partial charge in [-0.1, -0.05) is 37.3 Å². The van der Waals surface area contributed by atoms with Crippen molar-refractivity contribution >= 4 is 17.5 Å². The van der Waals surface area contributed by atoms with Gasteiger partial charge in [0.25, 0.3) is 0 Å². The zero-order valence-electron chi connectivity index (χ0n) is 18.5. The number of hydrogen-bond donors (Lipinski definition) is 3. The monoisotopic (exact) mass is 445 g/mol. The number of rotatable bonds is 7. The lowest BCUT2D eigenvalue weighted by Gasteiger charge is -2.23. The van der Waals surface area contributed by atoms with Crippen LogP contribution in [-0.4, -0.2) is 60.1 Å². The highest BCUT2D eigenvalue weighted by Gasteiger charge is 2.33. The zero-order chi connectivity index (χ0) is 22.8. The minimum Gasteiger partial charge on any atom is -0.394 e. The fraction of sp³-hybridized carbons (Fsp3) is 0.333. The molecule has 33 heavy (non-hydrogen) atoms. The Labute approximate surface area is 191 Å². The summed E-state index contributed by atoms with van der Waals surface area (Å²) in [5, 5.41) is 27.8. The third-order valence-corrected chi connectivity index (χ3v) is 6.04. The largest absolute Gasteiger partial charge is 0.394 e. The highest BCUT2D eigenvalue weighted by Crippen LogP contribution is 2.26. The number of aromatic nitrogens is 5. The molecule has 3 N–H and O–H groups in total. The number of benzene rings is 1. The Morgan fingerprint density at radius 2 is 1.97 bits per heavy atom. The number of pyridine rings is 1. The van der Waals surface area contributed by atoms with Gasteiger partial charge >= 0.3 is 0 Å². The van der Waals surface area contributed by atoms with Crippen LogP contribution in [0.15, 0.2) is 54.9 Å². The number of nitrogens with zero attached hydrogens (tertiary/aromatic N) is 6. The van der Waals surface area contributed by atoms with Crippen molar-refractivity contribution in [1.29, 1.82) is 0 Å².